The summed E-state index contributed by atoms with van der Waals surface area (Å²) in [5, 5.41) is 2.07. The van der Waals surface area contributed by atoms with E-state index in [1.165, 1.54) is 0 Å². The van der Waals surface area contributed by atoms with Gasteiger partial charge in [0.1, 0.15) is 0 Å². The SMILES string of the molecule is O=C1C=c2ccccc2=C1. The highest BCUT2D eigenvalue weighted by Crippen LogP contribution is 1.83. The van der Waals surface area contributed by atoms with Crippen LogP contribution in [0.15, 0.2) is 24.3 Å². The lowest BCUT2D eigenvalue weighted by Gasteiger charge is -1.78. The standard InChI is InChI=1S/C9H6O/c10-9-5-7-3-1-2-4-8(7)6-9/h1-6H. The monoisotopic (exact) mass is 130 g/mol. The minimum absolute atomic E-state index is 0.0983. The molecule has 0 N–H and O–H groups in total. The van der Waals surface area contributed by atoms with Crippen LogP contribution < -0.4 is 10.4 Å². The summed E-state index contributed by atoms with van der Waals surface area (Å²) in [5.41, 5.74) is 0. The fraction of sp³-hybridized carbons (Fsp3) is 0. The zero-order chi connectivity index (χ0) is 6.97. The van der Waals surface area contributed by atoms with Gasteiger partial charge in [-0.15, -0.1) is 0 Å². The molecule has 0 unspecified atom stereocenters. The van der Waals surface area contributed by atoms with E-state index in [-0.39, 0.29) is 5.78 Å². The minimum Gasteiger partial charge on any atom is -0.290 e. The number of carbonyl (C=O) groups is 1. The third kappa shape index (κ3) is 0.676. The first-order chi connectivity index (χ1) is 4.86. The average molecular weight is 130 g/mol. The van der Waals surface area contributed by atoms with Crippen molar-refractivity contribution in [3.63, 3.8) is 0 Å². The van der Waals surface area contributed by atoms with Crippen LogP contribution in [0, 0.1) is 0 Å². The topological polar surface area (TPSA) is 17.1 Å². The van der Waals surface area contributed by atoms with Crippen molar-refractivity contribution in [2.24, 2.45) is 0 Å². The van der Waals surface area contributed by atoms with E-state index >= 15 is 0 Å². The van der Waals surface area contributed by atoms with Crippen molar-refractivity contribution >= 4 is 17.9 Å². The van der Waals surface area contributed by atoms with Gasteiger partial charge in [-0.1, -0.05) is 24.3 Å². The predicted octanol–water partition coefficient (Wildman–Crippen LogP) is -0.170. The zero-order valence-corrected chi connectivity index (χ0v) is 5.37. The van der Waals surface area contributed by atoms with Crippen LogP contribution in [0.5, 0.6) is 0 Å². The summed E-state index contributed by atoms with van der Waals surface area (Å²) < 4.78 is 0. The third-order valence-electron chi connectivity index (χ3n) is 1.59. The number of fused-ring (bicyclic) bond motifs is 1. The second kappa shape index (κ2) is 1.81. The summed E-state index contributed by atoms with van der Waals surface area (Å²) in [4.78, 5) is 10.8. The molecule has 10 heavy (non-hydrogen) atoms. The second-order valence-corrected chi connectivity index (χ2v) is 2.32. The molecule has 1 heteroatoms. The predicted molar refractivity (Wildman–Crippen MR) is 39.6 cm³/mol. The van der Waals surface area contributed by atoms with Crippen molar-refractivity contribution in [3.05, 3.63) is 34.7 Å². The molecule has 2 rings (SSSR count). The number of hydrogen-bond donors (Lipinski definition) is 0. The van der Waals surface area contributed by atoms with Gasteiger partial charge in [-0.05, 0) is 22.6 Å². The molecule has 0 spiro atoms. The van der Waals surface area contributed by atoms with E-state index in [0.29, 0.717) is 0 Å². The lowest BCUT2D eigenvalue weighted by atomic mass is 10.3. The molecule has 1 nitrogen and oxygen atoms in total. The Hall–Kier alpha value is -1.37. The van der Waals surface area contributed by atoms with Crippen LogP contribution in [0.25, 0.3) is 12.2 Å². The van der Waals surface area contributed by atoms with E-state index in [0.717, 1.165) is 10.4 Å². The quantitative estimate of drug-likeness (QED) is 0.476. The molecule has 1 aliphatic carbocycles. The first-order valence-electron chi connectivity index (χ1n) is 3.19. The molecule has 0 saturated carbocycles. The van der Waals surface area contributed by atoms with E-state index in [1.54, 1.807) is 12.2 Å². The molecule has 48 valence electrons. The summed E-state index contributed by atoms with van der Waals surface area (Å²) in [6.45, 7) is 0. The van der Waals surface area contributed by atoms with Crippen molar-refractivity contribution in [3.8, 4) is 0 Å². The summed E-state index contributed by atoms with van der Waals surface area (Å²) >= 11 is 0. The lowest BCUT2D eigenvalue weighted by Crippen LogP contribution is -2.19. The van der Waals surface area contributed by atoms with Crippen molar-refractivity contribution in [2.45, 2.75) is 0 Å². The maximum Gasteiger partial charge on any atom is 0.179 e. The summed E-state index contributed by atoms with van der Waals surface area (Å²) in [7, 11) is 0. The van der Waals surface area contributed by atoms with Gasteiger partial charge in [0.15, 0.2) is 5.78 Å². The normalized spacial score (nSPS) is 13.8. The van der Waals surface area contributed by atoms with Crippen LogP contribution in [-0.4, -0.2) is 5.78 Å². The molecular formula is C9H6O. The van der Waals surface area contributed by atoms with Crippen molar-refractivity contribution in [2.75, 3.05) is 0 Å². The number of benzene rings is 1. The van der Waals surface area contributed by atoms with Gasteiger partial charge in [-0.2, -0.15) is 0 Å². The van der Waals surface area contributed by atoms with Gasteiger partial charge in [0, 0.05) is 0 Å². The van der Waals surface area contributed by atoms with Gasteiger partial charge in [-0.25, -0.2) is 0 Å². The highest BCUT2D eigenvalue weighted by atomic mass is 16.1. The average Bonchev–Trinajstić information content (AvgIpc) is 2.27. The molecule has 0 saturated heterocycles. The van der Waals surface area contributed by atoms with Crippen LogP contribution in [0.1, 0.15) is 0 Å². The Kier molecular flexibility index (Phi) is 0.978. The fourth-order valence-corrected chi connectivity index (χ4v) is 1.12. The van der Waals surface area contributed by atoms with Crippen LogP contribution in [0.3, 0.4) is 0 Å². The third-order valence-corrected chi connectivity index (χ3v) is 1.59. The van der Waals surface area contributed by atoms with Crippen LogP contribution in [0.4, 0.5) is 0 Å². The Balaban J connectivity index is 2.96. The smallest absolute Gasteiger partial charge is 0.179 e. The molecule has 0 radical (unpaired) electrons. The molecule has 1 aliphatic rings. The first-order valence-corrected chi connectivity index (χ1v) is 3.19. The molecule has 1 aromatic carbocycles. The van der Waals surface area contributed by atoms with Gasteiger partial charge < -0.3 is 0 Å². The molecular weight excluding hydrogens is 124 g/mol. The highest BCUT2D eigenvalue weighted by Gasteiger charge is 1.97. The van der Waals surface area contributed by atoms with Crippen molar-refractivity contribution in [1.82, 2.24) is 0 Å². The summed E-state index contributed by atoms with van der Waals surface area (Å²) in [5.74, 6) is 0.0983. The van der Waals surface area contributed by atoms with Crippen LogP contribution >= 0.6 is 0 Å². The Morgan fingerprint density at radius 2 is 1.40 bits per heavy atom. The van der Waals surface area contributed by atoms with Crippen molar-refractivity contribution in [1.29, 1.82) is 0 Å². The van der Waals surface area contributed by atoms with E-state index in [4.69, 9.17) is 0 Å². The fourth-order valence-electron chi connectivity index (χ4n) is 1.12. The Bertz CT molecular complexity index is 350. The molecule has 0 heterocycles. The minimum atomic E-state index is 0.0983. The van der Waals surface area contributed by atoms with Gasteiger partial charge in [0.2, 0.25) is 0 Å². The number of rotatable bonds is 0. The maximum absolute atomic E-state index is 10.8. The molecule has 0 aromatic heterocycles. The van der Waals surface area contributed by atoms with E-state index < -0.39 is 0 Å². The van der Waals surface area contributed by atoms with Crippen molar-refractivity contribution < 1.29 is 4.79 Å². The highest BCUT2D eigenvalue weighted by molar-refractivity contribution is 6.26. The van der Waals surface area contributed by atoms with Gasteiger partial charge >= 0.3 is 0 Å². The molecule has 0 atom stereocenters. The maximum atomic E-state index is 10.8. The Morgan fingerprint density at radius 3 is 1.90 bits per heavy atom. The van der Waals surface area contributed by atoms with E-state index in [9.17, 15) is 4.79 Å². The van der Waals surface area contributed by atoms with Crippen LogP contribution in [0.2, 0.25) is 0 Å². The molecule has 0 fully saturated rings. The molecule has 0 amide bonds. The zero-order valence-electron chi connectivity index (χ0n) is 5.37. The first kappa shape index (κ1) is 5.42. The van der Waals surface area contributed by atoms with Gasteiger partial charge in [0.25, 0.3) is 0 Å². The largest absolute Gasteiger partial charge is 0.290 e. The lowest BCUT2D eigenvalue weighted by molar-refractivity contribution is -0.107. The summed E-state index contributed by atoms with van der Waals surface area (Å²) in [6, 6.07) is 7.75. The van der Waals surface area contributed by atoms with Crippen LogP contribution in [-0.2, 0) is 4.79 Å². The number of ketones is 1. The number of hydrogen-bond acceptors (Lipinski definition) is 1. The Morgan fingerprint density at radius 1 is 0.900 bits per heavy atom. The van der Waals surface area contributed by atoms with E-state index in [2.05, 4.69) is 0 Å². The number of Topliss-reactive ketones (excluding diaryl/α,β-unsaturated/α-hetero) is 1. The molecule has 0 bridgehead atoms. The van der Waals surface area contributed by atoms with E-state index in [1.807, 2.05) is 24.3 Å². The molecule has 0 aliphatic heterocycles. The van der Waals surface area contributed by atoms with Gasteiger partial charge in [-0.3, -0.25) is 4.79 Å². The van der Waals surface area contributed by atoms with Gasteiger partial charge in [0.05, 0.1) is 0 Å². The Labute approximate surface area is 58.3 Å². The second-order valence-electron chi connectivity index (χ2n) is 2.32. The molecule has 1 aromatic rings. The number of carbonyl (C=O) groups excluding carboxylic acids is 1. The summed E-state index contributed by atoms with van der Waals surface area (Å²) in [6.07, 6.45) is 3.30.